The van der Waals surface area contributed by atoms with Crippen molar-refractivity contribution < 1.29 is 14.3 Å². The molecule has 1 N–H and O–H groups in total. The number of nitrogens with zero attached hydrogens (tertiary/aromatic N) is 1. The minimum atomic E-state index is -0.410. The third-order valence-electron chi connectivity index (χ3n) is 4.98. The first-order valence-corrected chi connectivity index (χ1v) is 8.80. The van der Waals surface area contributed by atoms with Gasteiger partial charge >= 0.3 is 0 Å². The summed E-state index contributed by atoms with van der Waals surface area (Å²) in [6, 6.07) is 6.10. The monoisotopic (exact) mass is 342 g/mol. The van der Waals surface area contributed by atoms with Crippen LogP contribution >= 0.6 is 0 Å². The van der Waals surface area contributed by atoms with Gasteiger partial charge in [-0.15, -0.1) is 6.58 Å². The topological polar surface area (TPSA) is 54.6 Å². The van der Waals surface area contributed by atoms with Crippen molar-refractivity contribution in [3.05, 3.63) is 42.6 Å². The van der Waals surface area contributed by atoms with Gasteiger partial charge in [-0.1, -0.05) is 6.08 Å². The maximum absolute atomic E-state index is 12.4. The number of aromatic amines is 1. The second-order valence-electron chi connectivity index (χ2n) is 6.52. The van der Waals surface area contributed by atoms with Crippen molar-refractivity contribution in [1.29, 1.82) is 0 Å². The van der Waals surface area contributed by atoms with E-state index in [0.717, 1.165) is 37.2 Å². The number of nitrogens with one attached hydrogen (secondary N) is 1. The highest BCUT2D eigenvalue weighted by atomic mass is 16.5. The fraction of sp³-hybridized carbons (Fsp3) is 0.450. The third kappa shape index (κ3) is 3.71. The molecule has 1 fully saturated rings. The molecule has 134 valence electrons. The van der Waals surface area contributed by atoms with Crippen LogP contribution in [0.1, 0.15) is 31.2 Å². The Labute approximate surface area is 148 Å². The molecule has 5 heteroatoms. The summed E-state index contributed by atoms with van der Waals surface area (Å²) in [7, 11) is 1.69. The van der Waals surface area contributed by atoms with Crippen molar-refractivity contribution in [2.75, 3.05) is 26.8 Å². The molecule has 0 unspecified atom stereocenters. The number of piperidine rings is 1. The van der Waals surface area contributed by atoms with E-state index in [4.69, 9.17) is 9.47 Å². The summed E-state index contributed by atoms with van der Waals surface area (Å²) in [5.41, 5.74) is 2.44. The number of carbonyl (C=O) groups is 1. The van der Waals surface area contributed by atoms with Gasteiger partial charge in [-0.2, -0.15) is 0 Å². The van der Waals surface area contributed by atoms with Crippen LogP contribution in [-0.2, 0) is 9.53 Å². The van der Waals surface area contributed by atoms with E-state index >= 15 is 0 Å². The van der Waals surface area contributed by atoms with Crippen molar-refractivity contribution in [1.82, 2.24) is 9.88 Å². The highest BCUT2D eigenvalue weighted by molar-refractivity contribution is 5.85. The van der Waals surface area contributed by atoms with Gasteiger partial charge in [0.15, 0.2) is 0 Å². The zero-order chi connectivity index (χ0) is 17.8. The highest BCUT2D eigenvalue weighted by Gasteiger charge is 2.28. The molecule has 0 radical (unpaired) electrons. The summed E-state index contributed by atoms with van der Waals surface area (Å²) in [4.78, 5) is 17.7. The lowest BCUT2D eigenvalue weighted by atomic mass is 9.89. The van der Waals surface area contributed by atoms with Crippen LogP contribution in [0.25, 0.3) is 10.9 Å². The van der Waals surface area contributed by atoms with Gasteiger partial charge < -0.3 is 19.4 Å². The van der Waals surface area contributed by atoms with Crippen molar-refractivity contribution in [2.24, 2.45) is 0 Å². The van der Waals surface area contributed by atoms with Crippen LogP contribution in [-0.4, -0.2) is 48.7 Å². The SMILES string of the molecule is C=CCO[C@@H](C)C(=O)N1CCC(c2c[nH]c3ccc(OC)cc23)CC1. The molecule has 0 spiro atoms. The van der Waals surface area contributed by atoms with E-state index in [9.17, 15) is 4.79 Å². The van der Waals surface area contributed by atoms with Crippen LogP contribution in [0, 0.1) is 0 Å². The van der Waals surface area contributed by atoms with E-state index in [-0.39, 0.29) is 5.91 Å². The predicted octanol–water partition coefficient (Wildman–Crippen LogP) is 3.47. The maximum Gasteiger partial charge on any atom is 0.251 e. The number of amides is 1. The molecule has 1 aromatic carbocycles. The number of carbonyl (C=O) groups excluding carboxylic acids is 1. The highest BCUT2D eigenvalue weighted by Crippen LogP contribution is 2.34. The molecule has 1 saturated heterocycles. The summed E-state index contributed by atoms with van der Waals surface area (Å²) in [5, 5.41) is 1.21. The van der Waals surface area contributed by atoms with Gasteiger partial charge in [0.1, 0.15) is 11.9 Å². The number of aromatic nitrogens is 1. The van der Waals surface area contributed by atoms with Crippen LogP contribution in [0.4, 0.5) is 0 Å². The molecule has 0 bridgehead atoms. The summed E-state index contributed by atoms with van der Waals surface area (Å²) in [6.07, 6.45) is 5.28. The minimum Gasteiger partial charge on any atom is -0.497 e. The average molecular weight is 342 g/mol. The smallest absolute Gasteiger partial charge is 0.251 e. The van der Waals surface area contributed by atoms with Crippen LogP contribution < -0.4 is 4.74 Å². The number of ether oxygens (including phenoxy) is 2. The largest absolute Gasteiger partial charge is 0.497 e. The molecule has 2 heterocycles. The number of rotatable bonds is 6. The summed E-state index contributed by atoms with van der Waals surface area (Å²) < 4.78 is 10.8. The fourth-order valence-corrected chi connectivity index (χ4v) is 3.54. The average Bonchev–Trinajstić information content (AvgIpc) is 3.08. The first-order valence-electron chi connectivity index (χ1n) is 8.80. The van der Waals surface area contributed by atoms with Gasteiger partial charge in [0.25, 0.3) is 5.91 Å². The Morgan fingerprint density at radius 2 is 2.20 bits per heavy atom. The number of likely N-dealkylation sites (tertiary alicyclic amines) is 1. The van der Waals surface area contributed by atoms with Crippen LogP contribution in [0.15, 0.2) is 37.1 Å². The zero-order valence-corrected chi connectivity index (χ0v) is 15.0. The molecule has 1 aliphatic heterocycles. The quantitative estimate of drug-likeness (QED) is 0.818. The van der Waals surface area contributed by atoms with Crippen molar-refractivity contribution in [3.63, 3.8) is 0 Å². The van der Waals surface area contributed by atoms with Gasteiger partial charge in [-0.3, -0.25) is 4.79 Å². The lowest BCUT2D eigenvalue weighted by molar-refractivity contribution is -0.143. The van der Waals surface area contributed by atoms with E-state index in [1.165, 1.54) is 10.9 Å². The normalized spacial score (nSPS) is 16.8. The number of hydrogen-bond donors (Lipinski definition) is 1. The molecule has 1 atom stereocenters. The second kappa shape index (κ2) is 7.74. The minimum absolute atomic E-state index is 0.0703. The zero-order valence-electron chi connectivity index (χ0n) is 15.0. The number of hydrogen-bond acceptors (Lipinski definition) is 3. The van der Waals surface area contributed by atoms with E-state index in [1.54, 1.807) is 13.2 Å². The van der Waals surface area contributed by atoms with Gasteiger partial charge in [0.05, 0.1) is 13.7 Å². The lowest BCUT2D eigenvalue weighted by Crippen LogP contribution is -2.43. The first-order chi connectivity index (χ1) is 12.1. The van der Waals surface area contributed by atoms with Gasteiger partial charge in [0, 0.05) is 30.2 Å². The molecule has 5 nitrogen and oxygen atoms in total. The van der Waals surface area contributed by atoms with Crippen molar-refractivity contribution in [3.8, 4) is 5.75 Å². The van der Waals surface area contributed by atoms with Crippen LogP contribution in [0.2, 0.25) is 0 Å². The maximum atomic E-state index is 12.4. The molecule has 25 heavy (non-hydrogen) atoms. The Morgan fingerprint density at radius 3 is 2.88 bits per heavy atom. The van der Waals surface area contributed by atoms with E-state index in [1.807, 2.05) is 17.9 Å². The van der Waals surface area contributed by atoms with E-state index < -0.39 is 6.10 Å². The Kier molecular flexibility index (Phi) is 5.43. The predicted molar refractivity (Wildman–Crippen MR) is 99.0 cm³/mol. The van der Waals surface area contributed by atoms with Crippen LogP contribution in [0.5, 0.6) is 5.75 Å². The Bertz CT molecular complexity index is 744. The van der Waals surface area contributed by atoms with Crippen molar-refractivity contribution in [2.45, 2.75) is 31.8 Å². The Hall–Kier alpha value is -2.27. The standard InChI is InChI=1S/C20H26N2O3/c1-4-11-25-14(2)20(23)22-9-7-15(8-10-22)18-13-21-19-6-5-16(24-3)12-17(18)19/h4-6,12-15,21H,1,7-11H2,2-3H3/t14-/m0/s1. The molecular formula is C20H26N2O3. The molecule has 1 aromatic heterocycles. The number of H-pyrrole nitrogens is 1. The molecule has 3 rings (SSSR count). The van der Waals surface area contributed by atoms with E-state index in [2.05, 4.69) is 29.9 Å². The number of fused-ring (bicyclic) bond motifs is 1. The summed E-state index contributed by atoms with van der Waals surface area (Å²) >= 11 is 0. The van der Waals surface area contributed by atoms with Gasteiger partial charge in [-0.25, -0.2) is 0 Å². The molecule has 0 aliphatic carbocycles. The van der Waals surface area contributed by atoms with Crippen LogP contribution in [0.3, 0.4) is 0 Å². The Morgan fingerprint density at radius 1 is 1.44 bits per heavy atom. The molecule has 1 amide bonds. The van der Waals surface area contributed by atoms with Gasteiger partial charge in [0.2, 0.25) is 0 Å². The fourth-order valence-electron chi connectivity index (χ4n) is 3.54. The Balaban J connectivity index is 1.66. The van der Waals surface area contributed by atoms with Crippen molar-refractivity contribution >= 4 is 16.8 Å². The third-order valence-corrected chi connectivity index (χ3v) is 4.98. The van der Waals surface area contributed by atoms with E-state index in [0.29, 0.717) is 12.5 Å². The number of benzene rings is 1. The summed E-state index contributed by atoms with van der Waals surface area (Å²) in [6.45, 7) is 7.36. The second-order valence-corrected chi connectivity index (χ2v) is 6.52. The molecular weight excluding hydrogens is 316 g/mol. The first kappa shape index (κ1) is 17.5. The van der Waals surface area contributed by atoms with Gasteiger partial charge in [-0.05, 0) is 49.4 Å². The molecule has 0 saturated carbocycles. The lowest BCUT2D eigenvalue weighted by Gasteiger charge is -2.33. The molecule has 1 aliphatic rings. The molecule has 2 aromatic rings. The summed E-state index contributed by atoms with van der Waals surface area (Å²) in [5.74, 6) is 1.39. The number of methoxy groups -OCH3 is 1.